The maximum Gasteiger partial charge on any atom is 0.0653 e. The van der Waals surface area contributed by atoms with Gasteiger partial charge in [0, 0.05) is 25.2 Å². The van der Waals surface area contributed by atoms with Gasteiger partial charge in [-0.15, -0.1) is 0 Å². The summed E-state index contributed by atoms with van der Waals surface area (Å²) in [4.78, 5) is 0. The average Bonchev–Trinajstić information content (AvgIpc) is 2.77. The second-order valence-electron chi connectivity index (χ2n) is 5.23. The lowest BCUT2D eigenvalue weighted by atomic mass is 9.95. The van der Waals surface area contributed by atoms with Gasteiger partial charge in [-0.2, -0.15) is 5.10 Å². The van der Waals surface area contributed by atoms with Crippen LogP contribution in [-0.4, -0.2) is 16.3 Å². The number of rotatable bonds is 4. The van der Waals surface area contributed by atoms with Crippen LogP contribution in [-0.2, 0) is 7.05 Å². The Balaban J connectivity index is 2.43. The van der Waals surface area contributed by atoms with Crippen LogP contribution in [0.25, 0.3) is 0 Å². The second kappa shape index (κ2) is 6.17. The van der Waals surface area contributed by atoms with Gasteiger partial charge in [0.15, 0.2) is 0 Å². The topological polar surface area (TPSA) is 43.8 Å². The fraction of sp³-hybridized carbons (Fsp3) is 0.400. The molecule has 0 radical (unpaired) electrons. The van der Waals surface area contributed by atoms with Crippen molar-refractivity contribution in [3.8, 4) is 0 Å². The van der Waals surface area contributed by atoms with Gasteiger partial charge in [0.1, 0.15) is 0 Å². The van der Waals surface area contributed by atoms with Gasteiger partial charge in [0.2, 0.25) is 0 Å². The van der Waals surface area contributed by atoms with E-state index in [0.29, 0.717) is 22.5 Å². The maximum atomic E-state index is 6.10. The smallest absolute Gasteiger partial charge is 0.0653 e. The summed E-state index contributed by atoms with van der Waals surface area (Å²) in [6.07, 6.45) is 0. The summed E-state index contributed by atoms with van der Waals surface area (Å²) in [5.74, 6) is 0.456. The standard InChI is InChI=1S/C15H19Cl2N3/c1-9(2)14-7-15(20(3)19-14)11(8-18)10-4-5-12(16)13(17)6-10/h4-7,9,11H,8,18H2,1-3H3. The summed E-state index contributed by atoms with van der Waals surface area (Å²) >= 11 is 12.1. The Hall–Kier alpha value is -1.03. The van der Waals surface area contributed by atoms with Crippen molar-refractivity contribution in [2.24, 2.45) is 12.8 Å². The van der Waals surface area contributed by atoms with Crippen LogP contribution in [0.4, 0.5) is 0 Å². The first-order chi connectivity index (χ1) is 9.43. The monoisotopic (exact) mass is 311 g/mol. The van der Waals surface area contributed by atoms with Crippen LogP contribution in [0.15, 0.2) is 24.3 Å². The maximum absolute atomic E-state index is 6.10. The Labute approximate surface area is 129 Å². The fourth-order valence-electron chi connectivity index (χ4n) is 2.27. The highest BCUT2D eigenvalue weighted by Crippen LogP contribution is 2.30. The predicted octanol–water partition coefficient (Wildman–Crippen LogP) is 3.94. The van der Waals surface area contributed by atoms with E-state index in [4.69, 9.17) is 28.9 Å². The highest BCUT2D eigenvalue weighted by Gasteiger charge is 2.19. The Morgan fingerprint density at radius 1 is 1.20 bits per heavy atom. The molecule has 1 atom stereocenters. The first kappa shape index (κ1) is 15.4. The molecule has 20 heavy (non-hydrogen) atoms. The van der Waals surface area contributed by atoms with Crippen LogP contribution in [0.1, 0.15) is 42.6 Å². The molecule has 0 aliphatic carbocycles. The van der Waals surface area contributed by atoms with Crippen molar-refractivity contribution in [2.75, 3.05) is 6.54 Å². The highest BCUT2D eigenvalue weighted by atomic mass is 35.5. The molecule has 1 unspecified atom stereocenters. The lowest BCUT2D eigenvalue weighted by Crippen LogP contribution is -2.17. The molecule has 0 fully saturated rings. The summed E-state index contributed by atoms with van der Waals surface area (Å²) in [5, 5.41) is 5.65. The number of hydrogen-bond donors (Lipinski definition) is 1. The summed E-state index contributed by atoms with van der Waals surface area (Å²) in [6.45, 7) is 4.75. The summed E-state index contributed by atoms with van der Waals surface area (Å²) < 4.78 is 1.90. The van der Waals surface area contributed by atoms with Crippen LogP contribution >= 0.6 is 23.2 Å². The third-order valence-corrected chi connectivity index (χ3v) is 4.20. The van der Waals surface area contributed by atoms with Crippen LogP contribution in [0.5, 0.6) is 0 Å². The van der Waals surface area contributed by atoms with Crippen molar-refractivity contribution in [2.45, 2.75) is 25.7 Å². The number of hydrogen-bond acceptors (Lipinski definition) is 2. The van der Waals surface area contributed by atoms with E-state index in [1.165, 1.54) is 0 Å². The Bertz CT molecular complexity index is 605. The quantitative estimate of drug-likeness (QED) is 0.929. The molecule has 0 amide bonds. The fourth-order valence-corrected chi connectivity index (χ4v) is 2.58. The third kappa shape index (κ3) is 3.00. The van der Waals surface area contributed by atoms with Crippen molar-refractivity contribution in [3.05, 3.63) is 51.3 Å². The molecule has 0 saturated heterocycles. The van der Waals surface area contributed by atoms with E-state index in [1.807, 2.05) is 29.9 Å². The minimum atomic E-state index is 0.0646. The number of nitrogens with two attached hydrogens (primary N) is 1. The largest absolute Gasteiger partial charge is 0.329 e. The van der Waals surface area contributed by atoms with Gasteiger partial charge in [-0.3, -0.25) is 4.68 Å². The molecule has 1 heterocycles. The molecule has 0 bridgehead atoms. The van der Waals surface area contributed by atoms with E-state index in [0.717, 1.165) is 17.0 Å². The number of halogens is 2. The number of aromatic nitrogens is 2. The molecule has 2 N–H and O–H groups in total. The van der Waals surface area contributed by atoms with E-state index in [1.54, 1.807) is 0 Å². The number of nitrogens with zero attached hydrogens (tertiary/aromatic N) is 2. The minimum absolute atomic E-state index is 0.0646. The Morgan fingerprint density at radius 2 is 1.90 bits per heavy atom. The minimum Gasteiger partial charge on any atom is -0.329 e. The second-order valence-corrected chi connectivity index (χ2v) is 6.05. The van der Waals surface area contributed by atoms with Crippen LogP contribution in [0.2, 0.25) is 10.0 Å². The molecular weight excluding hydrogens is 293 g/mol. The van der Waals surface area contributed by atoms with E-state index in [-0.39, 0.29) is 5.92 Å². The Morgan fingerprint density at radius 3 is 2.40 bits per heavy atom. The van der Waals surface area contributed by atoms with Gasteiger partial charge in [-0.1, -0.05) is 43.1 Å². The Kier molecular flexibility index (Phi) is 4.74. The first-order valence-electron chi connectivity index (χ1n) is 6.62. The summed E-state index contributed by atoms with van der Waals surface area (Å²) in [5.41, 5.74) is 9.18. The number of aryl methyl sites for hydroxylation is 1. The van der Waals surface area contributed by atoms with E-state index in [2.05, 4.69) is 25.0 Å². The van der Waals surface area contributed by atoms with Crippen molar-refractivity contribution in [3.63, 3.8) is 0 Å². The number of benzene rings is 1. The molecular formula is C15H19Cl2N3. The van der Waals surface area contributed by atoms with Gasteiger partial charge < -0.3 is 5.73 Å². The molecule has 5 heteroatoms. The molecule has 2 rings (SSSR count). The zero-order valence-electron chi connectivity index (χ0n) is 11.9. The molecule has 3 nitrogen and oxygen atoms in total. The predicted molar refractivity (Wildman–Crippen MR) is 84.7 cm³/mol. The SMILES string of the molecule is CC(C)c1cc(C(CN)c2ccc(Cl)c(Cl)c2)n(C)n1. The molecule has 0 aliphatic rings. The van der Waals surface area contributed by atoms with Crippen LogP contribution in [0.3, 0.4) is 0 Å². The van der Waals surface area contributed by atoms with Gasteiger partial charge in [-0.05, 0) is 29.7 Å². The van der Waals surface area contributed by atoms with E-state index >= 15 is 0 Å². The zero-order chi connectivity index (χ0) is 14.9. The van der Waals surface area contributed by atoms with Gasteiger partial charge >= 0.3 is 0 Å². The molecule has 0 saturated carbocycles. The lowest BCUT2D eigenvalue weighted by molar-refractivity contribution is 0.649. The zero-order valence-corrected chi connectivity index (χ0v) is 13.4. The molecule has 1 aromatic carbocycles. The molecule has 0 spiro atoms. The summed E-state index contributed by atoms with van der Waals surface area (Å²) in [7, 11) is 1.95. The molecule has 0 aliphatic heterocycles. The van der Waals surface area contributed by atoms with Crippen LogP contribution in [0, 0.1) is 0 Å². The average molecular weight is 312 g/mol. The van der Waals surface area contributed by atoms with Gasteiger partial charge in [-0.25, -0.2) is 0 Å². The molecule has 2 aromatic rings. The van der Waals surface area contributed by atoms with Gasteiger partial charge in [0.05, 0.1) is 15.7 Å². The van der Waals surface area contributed by atoms with Gasteiger partial charge in [0.25, 0.3) is 0 Å². The lowest BCUT2D eigenvalue weighted by Gasteiger charge is -2.16. The van der Waals surface area contributed by atoms with Crippen molar-refractivity contribution in [1.82, 2.24) is 9.78 Å². The highest BCUT2D eigenvalue weighted by molar-refractivity contribution is 6.42. The summed E-state index contributed by atoms with van der Waals surface area (Å²) in [6, 6.07) is 7.77. The van der Waals surface area contributed by atoms with Crippen molar-refractivity contribution < 1.29 is 0 Å². The third-order valence-electron chi connectivity index (χ3n) is 3.47. The van der Waals surface area contributed by atoms with E-state index in [9.17, 15) is 0 Å². The van der Waals surface area contributed by atoms with E-state index < -0.39 is 0 Å². The van der Waals surface area contributed by atoms with Crippen molar-refractivity contribution >= 4 is 23.2 Å². The molecule has 1 aromatic heterocycles. The first-order valence-corrected chi connectivity index (χ1v) is 7.38. The van der Waals surface area contributed by atoms with Crippen molar-refractivity contribution in [1.29, 1.82) is 0 Å². The van der Waals surface area contributed by atoms with Crippen LogP contribution < -0.4 is 5.73 Å². The normalized spacial score (nSPS) is 12.9. The molecule has 108 valence electrons.